The number of hydrogen-bond acceptors (Lipinski definition) is 2. The second kappa shape index (κ2) is 2.46. The molecule has 0 radical (unpaired) electrons. The highest BCUT2D eigenvalue weighted by Crippen LogP contribution is 2.12. The minimum atomic E-state index is -0.122. The van der Waals surface area contributed by atoms with Gasteiger partial charge in [0.1, 0.15) is 0 Å². The zero-order valence-corrected chi connectivity index (χ0v) is 5.13. The van der Waals surface area contributed by atoms with E-state index in [1.165, 1.54) is 0 Å². The molecule has 1 heterocycles. The van der Waals surface area contributed by atoms with E-state index in [0.29, 0.717) is 5.92 Å². The van der Waals surface area contributed by atoms with Crippen molar-refractivity contribution in [3.05, 3.63) is 0 Å². The van der Waals surface area contributed by atoms with Crippen LogP contribution in [0.15, 0.2) is 0 Å². The van der Waals surface area contributed by atoms with Crippen LogP contribution < -0.4 is 0 Å². The number of ether oxygens (including phenoxy) is 1. The molecular weight excluding hydrogens is 104 g/mol. The van der Waals surface area contributed by atoms with Gasteiger partial charge >= 0.3 is 0 Å². The lowest BCUT2D eigenvalue weighted by Crippen LogP contribution is -2.29. The third-order valence-corrected chi connectivity index (χ3v) is 1.60. The molecular formula is C6H12O2. The summed E-state index contributed by atoms with van der Waals surface area (Å²) in [6.07, 6.45) is 0.685. The smallest absolute Gasteiger partial charge is 0.0609 e. The second-order valence-corrected chi connectivity index (χ2v) is 2.41. The summed E-state index contributed by atoms with van der Waals surface area (Å²) in [5.74, 6) is 0.337. The second-order valence-electron chi connectivity index (χ2n) is 2.41. The number of hydrogen-bond donors (Lipinski definition) is 1. The molecule has 0 aliphatic carbocycles. The van der Waals surface area contributed by atoms with E-state index in [1.54, 1.807) is 0 Å². The minimum absolute atomic E-state index is 0.122. The van der Waals surface area contributed by atoms with Crippen molar-refractivity contribution >= 4 is 0 Å². The van der Waals surface area contributed by atoms with Crippen molar-refractivity contribution in [2.24, 2.45) is 5.92 Å². The normalized spacial score (nSPS) is 39.8. The standard InChI is InChI=1S/C6H12O2/c1-5-4-8-3-2-6(5)7/h5-7H,2-4H2,1H3/t5-,6+/m0/s1. The van der Waals surface area contributed by atoms with Gasteiger partial charge in [0.05, 0.1) is 12.7 Å². The van der Waals surface area contributed by atoms with E-state index in [0.717, 1.165) is 19.6 Å². The average molecular weight is 116 g/mol. The van der Waals surface area contributed by atoms with Crippen LogP contribution in [0.3, 0.4) is 0 Å². The molecule has 1 aliphatic heterocycles. The Morgan fingerprint density at radius 3 is 2.75 bits per heavy atom. The topological polar surface area (TPSA) is 29.5 Å². The first-order valence-corrected chi connectivity index (χ1v) is 3.06. The third kappa shape index (κ3) is 1.20. The lowest BCUT2D eigenvalue weighted by molar-refractivity contribution is -0.0282. The van der Waals surface area contributed by atoms with Gasteiger partial charge in [-0.25, -0.2) is 0 Å². The summed E-state index contributed by atoms with van der Waals surface area (Å²) in [6.45, 7) is 3.45. The van der Waals surface area contributed by atoms with Crippen LogP contribution in [0, 0.1) is 5.92 Å². The van der Waals surface area contributed by atoms with Gasteiger partial charge in [-0.3, -0.25) is 0 Å². The number of aliphatic hydroxyl groups is 1. The Bertz CT molecular complexity index is 62.9. The van der Waals surface area contributed by atoms with Crippen molar-refractivity contribution in [1.29, 1.82) is 0 Å². The fourth-order valence-electron chi connectivity index (χ4n) is 0.869. The first-order valence-electron chi connectivity index (χ1n) is 3.06. The van der Waals surface area contributed by atoms with Gasteiger partial charge in [0.2, 0.25) is 0 Å². The molecule has 2 heteroatoms. The molecule has 0 unspecified atom stereocenters. The highest BCUT2D eigenvalue weighted by atomic mass is 16.5. The predicted octanol–water partition coefficient (Wildman–Crippen LogP) is 0.404. The van der Waals surface area contributed by atoms with Crippen LogP contribution in [-0.2, 0) is 4.74 Å². The molecule has 0 spiro atoms. The third-order valence-electron chi connectivity index (χ3n) is 1.60. The molecule has 8 heavy (non-hydrogen) atoms. The van der Waals surface area contributed by atoms with Crippen molar-refractivity contribution in [1.82, 2.24) is 0 Å². The zero-order valence-electron chi connectivity index (χ0n) is 5.13. The molecule has 1 fully saturated rings. The Morgan fingerprint density at radius 1 is 1.62 bits per heavy atom. The monoisotopic (exact) mass is 116 g/mol. The Labute approximate surface area is 49.5 Å². The summed E-state index contributed by atoms with van der Waals surface area (Å²) in [7, 11) is 0. The van der Waals surface area contributed by atoms with Gasteiger partial charge in [0.25, 0.3) is 0 Å². The van der Waals surface area contributed by atoms with Crippen molar-refractivity contribution in [2.45, 2.75) is 19.4 Å². The maximum atomic E-state index is 9.10. The first-order chi connectivity index (χ1) is 3.80. The van der Waals surface area contributed by atoms with E-state index in [2.05, 4.69) is 0 Å². The van der Waals surface area contributed by atoms with Gasteiger partial charge in [0, 0.05) is 12.5 Å². The van der Waals surface area contributed by atoms with Gasteiger partial charge in [-0.1, -0.05) is 6.92 Å². The summed E-state index contributed by atoms with van der Waals surface area (Å²) < 4.78 is 5.09. The van der Waals surface area contributed by atoms with Crippen molar-refractivity contribution in [2.75, 3.05) is 13.2 Å². The summed E-state index contributed by atoms with van der Waals surface area (Å²) in [5.41, 5.74) is 0. The molecule has 2 atom stereocenters. The molecule has 0 saturated carbocycles. The lowest BCUT2D eigenvalue weighted by atomic mass is 10.0. The van der Waals surface area contributed by atoms with E-state index in [1.807, 2.05) is 6.92 Å². The summed E-state index contributed by atoms with van der Waals surface area (Å²) in [5, 5.41) is 9.10. The molecule has 2 nitrogen and oxygen atoms in total. The van der Waals surface area contributed by atoms with Gasteiger partial charge in [-0.15, -0.1) is 0 Å². The molecule has 1 aliphatic rings. The van der Waals surface area contributed by atoms with E-state index < -0.39 is 0 Å². The zero-order chi connectivity index (χ0) is 5.98. The van der Waals surface area contributed by atoms with E-state index in [-0.39, 0.29) is 6.10 Å². The van der Waals surface area contributed by atoms with Gasteiger partial charge in [-0.2, -0.15) is 0 Å². The molecule has 0 amide bonds. The van der Waals surface area contributed by atoms with Crippen LogP contribution >= 0.6 is 0 Å². The van der Waals surface area contributed by atoms with Crippen LogP contribution in [-0.4, -0.2) is 24.4 Å². The fraction of sp³-hybridized carbons (Fsp3) is 1.00. The lowest BCUT2D eigenvalue weighted by Gasteiger charge is -2.23. The minimum Gasteiger partial charge on any atom is -0.393 e. The van der Waals surface area contributed by atoms with Gasteiger partial charge in [0.15, 0.2) is 0 Å². The largest absolute Gasteiger partial charge is 0.393 e. The molecule has 1 saturated heterocycles. The van der Waals surface area contributed by atoms with Gasteiger partial charge < -0.3 is 9.84 Å². The van der Waals surface area contributed by atoms with Crippen LogP contribution in [0.5, 0.6) is 0 Å². The number of aliphatic hydroxyl groups excluding tert-OH is 1. The summed E-state index contributed by atoms with van der Waals surface area (Å²) in [6, 6.07) is 0. The van der Waals surface area contributed by atoms with Gasteiger partial charge in [-0.05, 0) is 6.42 Å². The average Bonchev–Trinajstić information content (AvgIpc) is 1.77. The Kier molecular flexibility index (Phi) is 1.86. The maximum Gasteiger partial charge on any atom is 0.0609 e. The van der Waals surface area contributed by atoms with E-state index >= 15 is 0 Å². The first kappa shape index (κ1) is 6.05. The predicted molar refractivity (Wildman–Crippen MR) is 30.6 cm³/mol. The number of rotatable bonds is 0. The maximum absolute atomic E-state index is 9.10. The molecule has 0 bridgehead atoms. The molecule has 1 N–H and O–H groups in total. The highest BCUT2D eigenvalue weighted by Gasteiger charge is 2.18. The molecule has 0 aromatic carbocycles. The van der Waals surface area contributed by atoms with Crippen molar-refractivity contribution < 1.29 is 9.84 Å². The molecule has 0 aromatic rings. The van der Waals surface area contributed by atoms with Crippen LogP contribution in [0.4, 0.5) is 0 Å². The summed E-state index contributed by atoms with van der Waals surface area (Å²) >= 11 is 0. The fourth-order valence-corrected chi connectivity index (χ4v) is 0.869. The summed E-state index contributed by atoms with van der Waals surface area (Å²) in [4.78, 5) is 0. The highest BCUT2D eigenvalue weighted by molar-refractivity contribution is 4.67. The van der Waals surface area contributed by atoms with Crippen molar-refractivity contribution in [3.63, 3.8) is 0 Å². The van der Waals surface area contributed by atoms with E-state index in [4.69, 9.17) is 9.84 Å². The quantitative estimate of drug-likeness (QED) is 0.496. The Morgan fingerprint density at radius 2 is 2.38 bits per heavy atom. The van der Waals surface area contributed by atoms with Crippen LogP contribution in [0.25, 0.3) is 0 Å². The van der Waals surface area contributed by atoms with Crippen LogP contribution in [0.1, 0.15) is 13.3 Å². The molecule has 48 valence electrons. The van der Waals surface area contributed by atoms with Crippen molar-refractivity contribution in [3.8, 4) is 0 Å². The SMILES string of the molecule is C[C@H]1COCC[C@H]1O. The van der Waals surface area contributed by atoms with E-state index in [9.17, 15) is 0 Å². The molecule has 1 rings (SSSR count). The van der Waals surface area contributed by atoms with Crippen LogP contribution in [0.2, 0.25) is 0 Å². The Balaban J connectivity index is 2.28. The molecule has 0 aromatic heterocycles. The Hall–Kier alpha value is -0.0800.